The first-order chi connectivity index (χ1) is 9.47. The molecule has 2 rings (SSSR count). The molecule has 2 aromatic carbocycles. The van der Waals surface area contributed by atoms with Gasteiger partial charge in [-0.05, 0) is 36.2 Å². The molecule has 0 atom stereocenters. The van der Waals surface area contributed by atoms with Gasteiger partial charge in [0, 0.05) is 24.4 Å². The van der Waals surface area contributed by atoms with Crippen molar-refractivity contribution in [3.63, 3.8) is 0 Å². The highest BCUT2D eigenvalue weighted by molar-refractivity contribution is 6.42. The van der Waals surface area contributed by atoms with E-state index in [-0.39, 0.29) is 5.69 Å². The first kappa shape index (κ1) is 14.6. The van der Waals surface area contributed by atoms with Crippen LogP contribution in [0.3, 0.4) is 0 Å². The molecule has 0 bridgehead atoms. The van der Waals surface area contributed by atoms with Crippen molar-refractivity contribution in [1.82, 2.24) is 0 Å². The third-order valence-corrected chi connectivity index (χ3v) is 3.63. The number of hydrogen-bond donors (Lipinski definition) is 1. The monoisotopic (exact) mass is 310 g/mol. The van der Waals surface area contributed by atoms with Crippen LogP contribution < -0.4 is 5.32 Å². The van der Waals surface area contributed by atoms with Crippen molar-refractivity contribution in [2.24, 2.45) is 0 Å². The molecule has 0 aliphatic carbocycles. The van der Waals surface area contributed by atoms with Gasteiger partial charge in [0.15, 0.2) is 0 Å². The highest BCUT2D eigenvalue weighted by Crippen LogP contribution is 2.24. The van der Waals surface area contributed by atoms with Crippen molar-refractivity contribution >= 4 is 34.6 Å². The van der Waals surface area contributed by atoms with Crippen LogP contribution in [0.5, 0.6) is 0 Å². The number of nitro benzene ring substituents is 1. The molecule has 0 saturated carbocycles. The maximum atomic E-state index is 10.7. The minimum Gasteiger partial charge on any atom is -0.381 e. The van der Waals surface area contributed by atoms with Gasteiger partial charge in [-0.1, -0.05) is 29.3 Å². The van der Waals surface area contributed by atoms with Gasteiger partial charge in [-0.25, -0.2) is 0 Å². The quantitative estimate of drug-likeness (QED) is 0.650. The van der Waals surface area contributed by atoms with Gasteiger partial charge in [0.25, 0.3) is 5.69 Å². The van der Waals surface area contributed by atoms with Gasteiger partial charge >= 0.3 is 0 Å². The Bertz CT molecular complexity index is 660. The number of aryl methyl sites for hydroxylation is 1. The van der Waals surface area contributed by atoms with E-state index in [2.05, 4.69) is 5.32 Å². The zero-order valence-electron chi connectivity index (χ0n) is 10.7. The first-order valence-electron chi connectivity index (χ1n) is 5.90. The van der Waals surface area contributed by atoms with E-state index in [1.165, 1.54) is 12.1 Å². The van der Waals surface area contributed by atoms with Gasteiger partial charge in [0.1, 0.15) is 0 Å². The van der Waals surface area contributed by atoms with Crippen LogP contribution in [0.4, 0.5) is 11.4 Å². The van der Waals surface area contributed by atoms with Crippen molar-refractivity contribution in [3.05, 3.63) is 67.7 Å². The molecular weight excluding hydrogens is 299 g/mol. The Kier molecular flexibility index (Phi) is 4.47. The molecule has 4 nitrogen and oxygen atoms in total. The number of nitro groups is 1. The normalized spacial score (nSPS) is 10.3. The fraction of sp³-hybridized carbons (Fsp3) is 0.143. The Morgan fingerprint density at radius 2 is 1.90 bits per heavy atom. The average molecular weight is 311 g/mol. The lowest BCUT2D eigenvalue weighted by Gasteiger charge is -2.10. The Morgan fingerprint density at radius 1 is 1.15 bits per heavy atom. The second-order valence-electron chi connectivity index (χ2n) is 4.36. The molecule has 0 saturated heterocycles. The highest BCUT2D eigenvalue weighted by Gasteiger charge is 2.08. The maximum Gasteiger partial charge on any atom is 0.269 e. The molecule has 0 heterocycles. The Balaban J connectivity index is 2.10. The summed E-state index contributed by atoms with van der Waals surface area (Å²) in [6.07, 6.45) is 0. The number of nitrogens with zero attached hydrogens (tertiary/aromatic N) is 1. The average Bonchev–Trinajstić information content (AvgIpc) is 2.41. The topological polar surface area (TPSA) is 55.2 Å². The first-order valence-corrected chi connectivity index (χ1v) is 6.66. The van der Waals surface area contributed by atoms with Crippen molar-refractivity contribution in [2.75, 3.05) is 5.32 Å². The number of rotatable bonds is 4. The van der Waals surface area contributed by atoms with Crippen LogP contribution in [0.2, 0.25) is 10.0 Å². The minimum atomic E-state index is -0.407. The van der Waals surface area contributed by atoms with E-state index in [1.807, 2.05) is 13.0 Å². The van der Waals surface area contributed by atoms with Crippen molar-refractivity contribution < 1.29 is 4.92 Å². The minimum absolute atomic E-state index is 0.0857. The summed E-state index contributed by atoms with van der Waals surface area (Å²) in [5.74, 6) is 0. The fourth-order valence-corrected chi connectivity index (χ4v) is 2.13. The zero-order chi connectivity index (χ0) is 14.7. The summed E-state index contributed by atoms with van der Waals surface area (Å²) in [5, 5.41) is 14.9. The van der Waals surface area contributed by atoms with Gasteiger partial charge in [0.05, 0.1) is 15.0 Å². The highest BCUT2D eigenvalue weighted by atomic mass is 35.5. The molecule has 1 N–H and O–H groups in total. The van der Waals surface area contributed by atoms with Crippen LogP contribution in [0.1, 0.15) is 11.1 Å². The predicted octanol–water partition coefficient (Wildman–Crippen LogP) is 4.82. The van der Waals surface area contributed by atoms with E-state index in [1.54, 1.807) is 18.2 Å². The van der Waals surface area contributed by atoms with E-state index in [4.69, 9.17) is 23.2 Å². The van der Waals surface area contributed by atoms with Gasteiger partial charge in [-0.15, -0.1) is 0 Å². The van der Waals surface area contributed by atoms with E-state index >= 15 is 0 Å². The molecule has 0 aromatic heterocycles. The van der Waals surface area contributed by atoms with Crippen LogP contribution in [0.25, 0.3) is 0 Å². The molecule has 0 spiro atoms. The summed E-state index contributed by atoms with van der Waals surface area (Å²) < 4.78 is 0. The fourth-order valence-electron chi connectivity index (χ4n) is 1.81. The second-order valence-corrected chi connectivity index (χ2v) is 5.17. The molecule has 6 heteroatoms. The number of halogens is 2. The van der Waals surface area contributed by atoms with Crippen LogP contribution in [-0.2, 0) is 6.54 Å². The SMILES string of the molecule is Cc1cc([N+](=O)[O-])ccc1NCc1ccc(Cl)c(Cl)c1. The van der Waals surface area contributed by atoms with Crippen LogP contribution in [-0.4, -0.2) is 4.92 Å². The molecule has 0 aliphatic rings. The molecule has 0 fully saturated rings. The lowest BCUT2D eigenvalue weighted by molar-refractivity contribution is -0.384. The number of benzene rings is 2. The van der Waals surface area contributed by atoms with E-state index in [0.29, 0.717) is 16.6 Å². The summed E-state index contributed by atoms with van der Waals surface area (Å²) in [4.78, 5) is 10.3. The second kappa shape index (κ2) is 6.11. The van der Waals surface area contributed by atoms with Crippen molar-refractivity contribution in [1.29, 1.82) is 0 Å². The van der Waals surface area contributed by atoms with Crippen LogP contribution in [0, 0.1) is 17.0 Å². The predicted molar refractivity (Wildman–Crippen MR) is 81.6 cm³/mol. The van der Waals surface area contributed by atoms with E-state index in [9.17, 15) is 10.1 Å². The molecular formula is C14H12Cl2N2O2. The molecule has 0 amide bonds. The van der Waals surface area contributed by atoms with Crippen molar-refractivity contribution in [3.8, 4) is 0 Å². The zero-order valence-corrected chi connectivity index (χ0v) is 12.2. The molecule has 0 unspecified atom stereocenters. The van der Waals surface area contributed by atoms with Gasteiger partial charge in [-0.3, -0.25) is 10.1 Å². The maximum absolute atomic E-state index is 10.7. The van der Waals surface area contributed by atoms with Gasteiger partial charge in [0.2, 0.25) is 0 Å². The third-order valence-electron chi connectivity index (χ3n) is 2.89. The standard InChI is InChI=1S/C14H12Cl2N2O2/c1-9-6-11(18(19)20)3-5-14(9)17-8-10-2-4-12(15)13(16)7-10/h2-7,17H,8H2,1H3. The summed E-state index contributed by atoms with van der Waals surface area (Å²) in [6, 6.07) is 10.1. The number of non-ortho nitro benzene ring substituents is 1. The molecule has 104 valence electrons. The lowest BCUT2D eigenvalue weighted by atomic mass is 10.1. The largest absolute Gasteiger partial charge is 0.381 e. The van der Waals surface area contributed by atoms with Gasteiger partial charge < -0.3 is 5.32 Å². The van der Waals surface area contributed by atoms with E-state index < -0.39 is 4.92 Å². The smallest absolute Gasteiger partial charge is 0.269 e. The van der Waals surface area contributed by atoms with Crippen LogP contribution >= 0.6 is 23.2 Å². The summed E-state index contributed by atoms with van der Waals surface area (Å²) >= 11 is 11.8. The van der Waals surface area contributed by atoms with Crippen LogP contribution in [0.15, 0.2) is 36.4 Å². The molecule has 20 heavy (non-hydrogen) atoms. The summed E-state index contributed by atoms with van der Waals surface area (Å²) in [7, 11) is 0. The Labute approximate surface area is 126 Å². The number of nitrogens with one attached hydrogen (secondary N) is 1. The van der Waals surface area contributed by atoms with Crippen molar-refractivity contribution in [2.45, 2.75) is 13.5 Å². The number of anilines is 1. The molecule has 0 radical (unpaired) electrons. The Morgan fingerprint density at radius 3 is 2.50 bits per heavy atom. The molecule has 2 aromatic rings. The number of hydrogen-bond acceptors (Lipinski definition) is 3. The van der Waals surface area contributed by atoms with E-state index in [0.717, 1.165) is 16.8 Å². The van der Waals surface area contributed by atoms with Gasteiger partial charge in [-0.2, -0.15) is 0 Å². The summed E-state index contributed by atoms with van der Waals surface area (Å²) in [6.45, 7) is 2.39. The third kappa shape index (κ3) is 3.40. The lowest BCUT2D eigenvalue weighted by Crippen LogP contribution is -2.01. The Hall–Kier alpha value is -1.78. The molecule has 0 aliphatic heterocycles. The summed E-state index contributed by atoms with van der Waals surface area (Å²) in [5.41, 5.74) is 2.74.